The topological polar surface area (TPSA) is 88.8 Å². The van der Waals surface area contributed by atoms with E-state index >= 15 is 0 Å². The fourth-order valence-corrected chi connectivity index (χ4v) is 4.19. The van der Waals surface area contributed by atoms with E-state index in [1.807, 2.05) is 0 Å². The number of amides is 1. The monoisotopic (exact) mass is 513 g/mol. The van der Waals surface area contributed by atoms with Gasteiger partial charge in [0.1, 0.15) is 0 Å². The highest BCUT2D eigenvalue weighted by molar-refractivity contribution is 5.98. The molecule has 1 aliphatic rings. The van der Waals surface area contributed by atoms with Crippen LogP contribution in [0.15, 0.2) is 36.9 Å². The van der Waals surface area contributed by atoms with E-state index in [0.29, 0.717) is 6.20 Å². The molecule has 3 aromatic heterocycles. The van der Waals surface area contributed by atoms with Gasteiger partial charge in [-0.25, -0.2) is 28.1 Å². The van der Waals surface area contributed by atoms with Crippen molar-refractivity contribution < 1.29 is 31.1 Å². The summed E-state index contributed by atoms with van der Waals surface area (Å²) in [6, 6.07) is 0.994. The summed E-state index contributed by atoms with van der Waals surface area (Å²) in [6.45, 7) is 0.356. The molecule has 3 aromatic rings. The molecule has 1 unspecified atom stereocenters. The maximum atomic E-state index is 14.5. The van der Waals surface area contributed by atoms with Gasteiger partial charge in [0.2, 0.25) is 0 Å². The second kappa shape index (κ2) is 9.39. The molecule has 8 nitrogen and oxygen atoms in total. The molecule has 2 atom stereocenters. The van der Waals surface area contributed by atoms with Gasteiger partial charge in [-0.05, 0) is 18.1 Å². The lowest BCUT2D eigenvalue weighted by Gasteiger charge is -2.43. The molecule has 1 amide bonds. The number of rotatable bonds is 5. The van der Waals surface area contributed by atoms with Crippen molar-refractivity contribution in [1.29, 1.82) is 0 Å². The average molecular weight is 513 g/mol. The van der Waals surface area contributed by atoms with Gasteiger partial charge >= 0.3 is 6.18 Å². The van der Waals surface area contributed by atoms with E-state index in [0.717, 1.165) is 4.90 Å². The Bertz CT molecular complexity index is 1250. The van der Waals surface area contributed by atoms with Crippen LogP contribution in [0.25, 0.3) is 11.4 Å². The van der Waals surface area contributed by atoms with Gasteiger partial charge in [0.25, 0.3) is 11.8 Å². The lowest BCUT2D eigenvalue weighted by atomic mass is 9.88. The van der Waals surface area contributed by atoms with Crippen LogP contribution in [-0.2, 0) is 13.2 Å². The number of nitrogens with zero attached hydrogens (tertiary/aromatic N) is 6. The molecule has 0 radical (unpaired) electrons. The number of hydrogen-bond donors (Lipinski definition) is 1. The molecule has 192 valence electrons. The summed E-state index contributed by atoms with van der Waals surface area (Å²) in [4.78, 5) is 26.1. The molecule has 14 heteroatoms. The molecular formula is C22H21F6N7O. The molecule has 1 fully saturated rings. The van der Waals surface area contributed by atoms with Gasteiger partial charge in [0, 0.05) is 44.8 Å². The van der Waals surface area contributed by atoms with E-state index < -0.39 is 60.1 Å². The number of carbonyl (C=O) groups is 1. The number of pyridine rings is 1. The second-order valence-electron chi connectivity index (χ2n) is 8.61. The average Bonchev–Trinajstić information content (AvgIpc) is 3.19. The summed E-state index contributed by atoms with van der Waals surface area (Å²) in [5, 5.41) is 6.70. The van der Waals surface area contributed by atoms with Crippen LogP contribution in [0.3, 0.4) is 0 Å². The Morgan fingerprint density at radius 3 is 2.56 bits per heavy atom. The minimum absolute atomic E-state index is 0.141. The predicted octanol–water partition coefficient (Wildman–Crippen LogP) is 4.03. The van der Waals surface area contributed by atoms with E-state index in [9.17, 15) is 31.1 Å². The van der Waals surface area contributed by atoms with Crippen LogP contribution in [0.2, 0.25) is 0 Å². The van der Waals surface area contributed by atoms with Gasteiger partial charge in [0.15, 0.2) is 23.2 Å². The summed E-state index contributed by atoms with van der Waals surface area (Å²) < 4.78 is 83.0. The standard InChI is InChI=1S/C22H21F6N7O/c1-12-7-21(24,25)11-35(16(12)9-32-19-15(23)6-13(8-31-19)22(26,27)28)20(36)17-14(10-34(2)33-17)18-29-4-3-5-30-18/h3-6,8,10,12,16H,7,9,11H2,1-2H3,(H,31,32)/t12?,16-/m1/s1. The third-order valence-electron chi connectivity index (χ3n) is 5.83. The maximum Gasteiger partial charge on any atom is 0.417 e. The number of aryl methyl sites for hydroxylation is 1. The number of nitrogens with one attached hydrogen (secondary N) is 1. The molecule has 0 spiro atoms. The molecule has 1 N–H and O–H groups in total. The van der Waals surface area contributed by atoms with E-state index in [4.69, 9.17) is 0 Å². The second-order valence-corrected chi connectivity index (χ2v) is 8.61. The Morgan fingerprint density at radius 2 is 1.92 bits per heavy atom. The first-order valence-electron chi connectivity index (χ1n) is 10.8. The minimum Gasteiger partial charge on any atom is -0.366 e. The zero-order chi connectivity index (χ0) is 26.3. The summed E-state index contributed by atoms with van der Waals surface area (Å²) >= 11 is 0. The smallest absolute Gasteiger partial charge is 0.366 e. The van der Waals surface area contributed by atoms with Crippen LogP contribution >= 0.6 is 0 Å². The maximum absolute atomic E-state index is 14.5. The van der Waals surface area contributed by atoms with Crippen molar-refractivity contribution in [2.45, 2.75) is 31.5 Å². The number of aromatic nitrogens is 5. The van der Waals surface area contributed by atoms with E-state index in [1.165, 1.54) is 30.2 Å². The van der Waals surface area contributed by atoms with Crippen molar-refractivity contribution >= 4 is 11.7 Å². The third kappa shape index (κ3) is 5.26. The minimum atomic E-state index is -4.78. The van der Waals surface area contributed by atoms with E-state index in [-0.39, 0.29) is 29.7 Å². The Kier molecular flexibility index (Phi) is 6.62. The van der Waals surface area contributed by atoms with Crippen LogP contribution in [0.4, 0.5) is 32.2 Å². The number of halogens is 6. The van der Waals surface area contributed by atoms with Crippen molar-refractivity contribution in [3.63, 3.8) is 0 Å². The Balaban J connectivity index is 1.62. The lowest BCUT2D eigenvalue weighted by Crippen LogP contribution is -2.57. The van der Waals surface area contributed by atoms with Gasteiger partial charge in [-0.2, -0.15) is 18.3 Å². The molecule has 0 saturated carbocycles. The van der Waals surface area contributed by atoms with E-state index in [2.05, 4.69) is 25.4 Å². The number of likely N-dealkylation sites (tertiary alicyclic amines) is 1. The molecule has 1 aliphatic heterocycles. The van der Waals surface area contributed by atoms with Crippen molar-refractivity contribution in [2.75, 3.05) is 18.4 Å². The normalized spacial score (nSPS) is 19.8. The van der Waals surface area contributed by atoms with Gasteiger partial charge in [-0.15, -0.1) is 0 Å². The van der Waals surface area contributed by atoms with Crippen molar-refractivity contribution in [3.8, 4) is 11.4 Å². The molecule has 0 aliphatic carbocycles. The Hall–Kier alpha value is -3.71. The zero-order valence-electron chi connectivity index (χ0n) is 19.1. The van der Waals surface area contributed by atoms with Crippen LogP contribution in [0.5, 0.6) is 0 Å². The Morgan fingerprint density at radius 1 is 1.22 bits per heavy atom. The molecule has 4 heterocycles. The molecule has 0 aromatic carbocycles. The highest BCUT2D eigenvalue weighted by atomic mass is 19.4. The molecule has 36 heavy (non-hydrogen) atoms. The number of hydrogen-bond acceptors (Lipinski definition) is 6. The third-order valence-corrected chi connectivity index (χ3v) is 5.83. The van der Waals surface area contributed by atoms with Gasteiger partial charge in [0.05, 0.1) is 23.7 Å². The summed E-state index contributed by atoms with van der Waals surface area (Å²) in [5.74, 6) is -6.32. The fourth-order valence-electron chi connectivity index (χ4n) is 4.19. The largest absolute Gasteiger partial charge is 0.417 e. The first kappa shape index (κ1) is 25.4. The summed E-state index contributed by atoms with van der Waals surface area (Å²) in [5.41, 5.74) is -1.16. The number of carbonyl (C=O) groups excluding carboxylic acids is 1. The SMILES string of the molecule is CC1CC(F)(F)CN(C(=O)c2nn(C)cc2-c2ncccn2)[C@@H]1CNc1ncc(C(F)(F)F)cc1F. The highest BCUT2D eigenvalue weighted by Crippen LogP contribution is 2.36. The number of anilines is 1. The first-order chi connectivity index (χ1) is 16.9. The Labute approximate surface area is 201 Å². The molecular weight excluding hydrogens is 492 g/mol. The van der Waals surface area contributed by atoms with E-state index in [1.54, 1.807) is 13.1 Å². The van der Waals surface area contributed by atoms with Crippen molar-refractivity contribution in [2.24, 2.45) is 13.0 Å². The molecule has 1 saturated heterocycles. The van der Waals surface area contributed by atoms with Crippen LogP contribution in [0, 0.1) is 11.7 Å². The van der Waals surface area contributed by atoms with Gasteiger partial charge in [-0.3, -0.25) is 9.48 Å². The lowest BCUT2D eigenvalue weighted by molar-refractivity contribution is -0.138. The predicted molar refractivity (Wildman–Crippen MR) is 115 cm³/mol. The van der Waals surface area contributed by atoms with Crippen molar-refractivity contribution in [3.05, 3.63) is 54.0 Å². The van der Waals surface area contributed by atoms with Crippen LogP contribution < -0.4 is 5.32 Å². The van der Waals surface area contributed by atoms with Gasteiger partial charge < -0.3 is 10.2 Å². The summed E-state index contributed by atoms with van der Waals surface area (Å²) in [7, 11) is 1.55. The zero-order valence-corrected chi connectivity index (χ0v) is 19.1. The quantitative estimate of drug-likeness (QED) is 0.519. The summed E-state index contributed by atoms with van der Waals surface area (Å²) in [6.07, 6.45) is -0.446. The first-order valence-corrected chi connectivity index (χ1v) is 10.8. The fraction of sp³-hybridized carbons (Fsp3) is 0.409. The van der Waals surface area contributed by atoms with Crippen LogP contribution in [0.1, 0.15) is 29.4 Å². The highest BCUT2D eigenvalue weighted by Gasteiger charge is 2.47. The van der Waals surface area contributed by atoms with Gasteiger partial charge in [-0.1, -0.05) is 6.92 Å². The number of alkyl halides is 5. The van der Waals surface area contributed by atoms with Crippen molar-refractivity contribution in [1.82, 2.24) is 29.6 Å². The molecule has 4 rings (SSSR count). The van der Waals surface area contributed by atoms with Crippen LogP contribution in [-0.4, -0.2) is 60.6 Å². The molecule has 0 bridgehead atoms. The number of piperidine rings is 1.